The molecule has 0 saturated carbocycles. The van der Waals surface area contributed by atoms with Crippen LogP contribution in [-0.4, -0.2) is 24.9 Å². The van der Waals surface area contributed by atoms with E-state index < -0.39 is 23.8 Å². The smallest absolute Gasteiger partial charge is 0.296 e. The second-order valence-corrected chi connectivity index (χ2v) is 6.52. The average Bonchev–Trinajstić information content (AvgIpc) is 2.69. The van der Waals surface area contributed by atoms with Gasteiger partial charge in [-0.25, -0.2) is 0 Å². The minimum atomic E-state index is -0.931. The lowest BCUT2D eigenvalue weighted by atomic mass is 9.77. The van der Waals surface area contributed by atoms with Crippen molar-refractivity contribution >= 4 is 17.5 Å². The molecule has 1 aromatic heterocycles. The van der Waals surface area contributed by atoms with Crippen molar-refractivity contribution in [1.29, 1.82) is 5.26 Å². The van der Waals surface area contributed by atoms with E-state index in [9.17, 15) is 14.9 Å². The number of anilines is 1. The van der Waals surface area contributed by atoms with Gasteiger partial charge in [-0.05, 0) is 31.5 Å². The predicted molar refractivity (Wildman–Crippen MR) is 101 cm³/mol. The summed E-state index contributed by atoms with van der Waals surface area (Å²) in [5.41, 5.74) is 1.88. The van der Waals surface area contributed by atoms with Crippen LogP contribution in [0.25, 0.3) is 0 Å². The molecule has 3 unspecified atom stereocenters. The number of hydrogen-bond acceptors (Lipinski definition) is 4. The van der Waals surface area contributed by atoms with Gasteiger partial charge in [-0.15, -0.1) is 0 Å². The summed E-state index contributed by atoms with van der Waals surface area (Å²) >= 11 is 0. The van der Waals surface area contributed by atoms with Crippen LogP contribution < -0.4 is 14.8 Å². The number of amides is 2. The fraction of sp³-hybridized carbons (Fsp3) is 0.333. The lowest BCUT2D eigenvalue weighted by Crippen LogP contribution is -2.59. The molecule has 1 saturated heterocycles. The Labute approximate surface area is 159 Å². The van der Waals surface area contributed by atoms with Crippen LogP contribution in [0, 0.1) is 17.2 Å². The van der Waals surface area contributed by atoms with Gasteiger partial charge in [0.15, 0.2) is 12.4 Å². The van der Waals surface area contributed by atoms with Crippen LogP contribution >= 0.6 is 0 Å². The molecule has 1 aliphatic heterocycles. The molecule has 1 fully saturated rings. The average molecular weight is 363 g/mol. The number of aromatic nitrogens is 1. The van der Waals surface area contributed by atoms with Crippen molar-refractivity contribution in [1.82, 2.24) is 5.32 Å². The molecule has 3 rings (SSSR count). The molecule has 0 bridgehead atoms. The van der Waals surface area contributed by atoms with Gasteiger partial charge >= 0.3 is 0 Å². The van der Waals surface area contributed by atoms with Gasteiger partial charge < -0.3 is 4.90 Å². The minimum Gasteiger partial charge on any atom is -0.372 e. The van der Waals surface area contributed by atoms with E-state index in [1.807, 2.05) is 42.5 Å². The Morgan fingerprint density at radius 2 is 1.67 bits per heavy atom. The van der Waals surface area contributed by atoms with Crippen LogP contribution in [0.15, 0.2) is 54.9 Å². The van der Waals surface area contributed by atoms with Crippen molar-refractivity contribution in [2.24, 2.45) is 5.92 Å². The van der Waals surface area contributed by atoms with E-state index in [0.717, 1.165) is 24.3 Å². The number of rotatable bonds is 5. The highest BCUT2D eigenvalue weighted by Gasteiger charge is 2.50. The van der Waals surface area contributed by atoms with Gasteiger partial charge in [-0.2, -0.15) is 9.83 Å². The molecule has 2 amide bonds. The normalized spacial score (nSPS) is 22.0. The maximum Gasteiger partial charge on any atom is 0.296 e. The largest absolute Gasteiger partial charge is 0.372 e. The first kappa shape index (κ1) is 18.6. The minimum absolute atomic E-state index is 0.388. The van der Waals surface area contributed by atoms with Gasteiger partial charge in [0.25, 0.3) is 5.91 Å². The van der Waals surface area contributed by atoms with Crippen molar-refractivity contribution in [3.8, 4) is 6.07 Å². The summed E-state index contributed by atoms with van der Waals surface area (Å²) in [6, 6.07) is 14.8. The van der Waals surface area contributed by atoms with Crippen LogP contribution in [0.1, 0.15) is 31.4 Å². The van der Waals surface area contributed by atoms with Crippen molar-refractivity contribution in [3.05, 3.63) is 60.4 Å². The maximum atomic E-state index is 12.6. The van der Waals surface area contributed by atoms with E-state index in [1.165, 1.54) is 0 Å². The van der Waals surface area contributed by atoms with Gasteiger partial charge in [0, 0.05) is 30.9 Å². The highest BCUT2D eigenvalue weighted by Crippen LogP contribution is 2.36. The third kappa shape index (κ3) is 3.54. The number of pyridine rings is 1. The SMILES string of the molecule is CCN(CC)c1ccc(C2C(C#N)C(=O)NC(=O)C2[n+]2ccccc2)cc1. The molecule has 1 aliphatic rings. The summed E-state index contributed by atoms with van der Waals surface area (Å²) < 4.78 is 1.76. The van der Waals surface area contributed by atoms with Gasteiger partial charge in [0.05, 0.1) is 12.0 Å². The van der Waals surface area contributed by atoms with Crippen LogP contribution in [-0.2, 0) is 9.59 Å². The zero-order valence-electron chi connectivity index (χ0n) is 15.5. The fourth-order valence-electron chi connectivity index (χ4n) is 3.71. The third-order valence-electron chi connectivity index (χ3n) is 5.10. The van der Waals surface area contributed by atoms with Crippen molar-refractivity contribution in [3.63, 3.8) is 0 Å². The second-order valence-electron chi connectivity index (χ2n) is 6.52. The topological polar surface area (TPSA) is 77.1 Å². The van der Waals surface area contributed by atoms with Gasteiger partial charge in [-0.3, -0.25) is 14.9 Å². The zero-order chi connectivity index (χ0) is 19.4. The molecular formula is C21H23N4O2+. The van der Waals surface area contributed by atoms with E-state index in [4.69, 9.17) is 0 Å². The molecule has 27 heavy (non-hydrogen) atoms. The Balaban J connectivity index is 2.05. The van der Waals surface area contributed by atoms with Crippen molar-refractivity contribution < 1.29 is 14.2 Å². The van der Waals surface area contributed by atoms with Crippen LogP contribution in [0.4, 0.5) is 5.69 Å². The highest BCUT2D eigenvalue weighted by molar-refractivity contribution is 6.02. The summed E-state index contributed by atoms with van der Waals surface area (Å²) in [4.78, 5) is 27.2. The molecule has 0 aliphatic carbocycles. The van der Waals surface area contributed by atoms with E-state index in [0.29, 0.717) is 0 Å². The number of imide groups is 1. The Morgan fingerprint density at radius 3 is 2.22 bits per heavy atom. The van der Waals surface area contributed by atoms with E-state index in [1.54, 1.807) is 17.0 Å². The van der Waals surface area contributed by atoms with Crippen LogP contribution in [0.3, 0.4) is 0 Å². The number of carbonyl (C=O) groups is 2. The third-order valence-corrected chi connectivity index (χ3v) is 5.10. The number of hydrogen-bond donors (Lipinski definition) is 1. The standard InChI is InChI=1S/C21H22N4O2/c1-3-24(4-2)16-10-8-15(9-11-16)18-17(14-22)20(26)23-21(27)19(18)25-12-6-5-7-13-25/h5-13,17-19H,3-4H2,1-2H3/p+1. The summed E-state index contributed by atoms with van der Waals surface area (Å²) in [5.74, 6) is -2.40. The number of nitrogens with one attached hydrogen (secondary N) is 1. The maximum absolute atomic E-state index is 12.6. The van der Waals surface area contributed by atoms with E-state index >= 15 is 0 Å². The zero-order valence-corrected chi connectivity index (χ0v) is 15.5. The summed E-state index contributed by atoms with van der Waals surface area (Å²) in [5, 5.41) is 12.0. The Bertz CT molecular complexity index is 854. The molecule has 1 aromatic carbocycles. The molecule has 2 heterocycles. The molecule has 138 valence electrons. The van der Waals surface area contributed by atoms with Gasteiger partial charge in [0.1, 0.15) is 5.92 Å². The Morgan fingerprint density at radius 1 is 1.04 bits per heavy atom. The highest BCUT2D eigenvalue weighted by atomic mass is 16.2. The molecule has 0 spiro atoms. The summed E-state index contributed by atoms with van der Waals surface area (Å²) in [7, 11) is 0. The van der Waals surface area contributed by atoms with Gasteiger partial charge in [0.2, 0.25) is 11.9 Å². The molecule has 1 N–H and O–H groups in total. The first-order valence-electron chi connectivity index (χ1n) is 9.15. The van der Waals surface area contributed by atoms with Gasteiger partial charge in [-0.1, -0.05) is 18.2 Å². The first-order valence-corrected chi connectivity index (χ1v) is 9.15. The van der Waals surface area contributed by atoms with Crippen molar-refractivity contribution in [2.75, 3.05) is 18.0 Å². The van der Waals surface area contributed by atoms with Crippen molar-refractivity contribution in [2.45, 2.75) is 25.8 Å². The number of piperidine rings is 1. The number of carbonyl (C=O) groups excluding carboxylic acids is 2. The summed E-state index contributed by atoms with van der Waals surface area (Å²) in [6.07, 6.45) is 3.57. The Kier molecular flexibility index (Phi) is 5.51. The predicted octanol–water partition coefficient (Wildman–Crippen LogP) is 1.94. The molecule has 2 aromatic rings. The lowest BCUT2D eigenvalue weighted by Gasteiger charge is -2.30. The molecule has 6 nitrogen and oxygen atoms in total. The molecule has 6 heteroatoms. The Hall–Kier alpha value is -3.20. The number of nitrogens with zero attached hydrogens (tertiary/aromatic N) is 3. The monoisotopic (exact) mass is 363 g/mol. The molecule has 0 radical (unpaired) electrons. The first-order chi connectivity index (χ1) is 13.1. The number of nitriles is 1. The number of benzene rings is 1. The van der Waals surface area contributed by atoms with E-state index in [-0.39, 0.29) is 5.91 Å². The molecular weight excluding hydrogens is 340 g/mol. The second kappa shape index (κ2) is 8.00. The summed E-state index contributed by atoms with van der Waals surface area (Å²) in [6.45, 7) is 5.97. The fourth-order valence-corrected chi connectivity index (χ4v) is 3.71. The van der Waals surface area contributed by atoms with Crippen LogP contribution in [0.2, 0.25) is 0 Å². The quantitative estimate of drug-likeness (QED) is 0.651. The van der Waals surface area contributed by atoms with E-state index in [2.05, 4.69) is 30.1 Å². The van der Waals surface area contributed by atoms with Crippen LogP contribution in [0.5, 0.6) is 0 Å². The lowest BCUT2D eigenvalue weighted by molar-refractivity contribution is -0.713. The molecule has 3 atom stereocenters.